The molecule has 2 nitrogen and oxygen atoms in total. The summed E-state index contributed by atoms with van der Waals surface area (Å²) in [5, 5.41) is 7.80. The summed E-state index contributed by atoms with van der Waals surface area (Å²) in [4.78, 5) is 3.89. The minimum atomic E-state index is -1.76. The summed E-state index contributed by atoms with van der Waals surface area (Å²) in [6, 6.07) is 60.6. The highest BCUT2D eigenvalue weighted by Crippen LogP contribution is 2.69. The van der Waals surface area contributed by atoms with E-state index in [1.165, 1.54) is 80.8 Å². The fourth-order valence-electron chi connectivity index (χ4n) is 8.66. The molecule has 0 atom stereocenters. The van der Waals surface area contributed by atoms with Crippen molar-refractivity contribution in [3.05, 3.63) is 211 Å². The first-order valence-electron chi connectivity index (χ1n) is 19.3. The van der Waals surface area contributed by atoms with Crippen LogP contribution in [0.4, 0.5) is 0 Å². The average Bonchev–Trinajstić information content (AvgIpc) is 3.79. The number of hydrogen-bond acceptors (Lipinski definition) is 0. The predicted molar refractivity (Wildman–Crippen MR) is 238 cm³/mol. The summed E-state index contributed by atoms with van der Waals surface area (Å²) < 4.78 is 5.04. The first kappa shape index (κ1) is 34.5. The van der Waals surface area contributed by atoms with Crippen molar-refractivity contribution in [2.75, 3.05) is 0 Å². The third kappa shape index (κ3) is 5.49. The number of allylic oxidation sites excluding steroid dienone is 4. The normalized spacial score (nSPS) is 13.0. The van der Waals surface area contributed by atoms with E-state index >= 15 is 0 Å². The molecule has 0 saturated heterocycles. The molecule has 0 unspecified atom stereocenters. The summed E-state index contributed by atoms with van der Waals surface area (Å²) in [5.74, 6) is 0. The highest BCUT2D eigenvalue weighted by Gasteiger charge is 2.30. The Hall–Kier alpha value is -6.29. The third-order valence-electron chi connectivity index (χ3n) is 10.9. The molecule has 0 saturated carbocycles. The van der Waals surface area contributed by atoms with Gasteiger partial charge in [-0.15, -0.1) is 10.0 Å². The Labute approximate surface area is 325 Å². The van der Waals surface area contributed by atoms with Crippen LogP contribution >= 0.6 is 10.0 Å². The van der Waals surface area contributed by atoms with Gasteiger partial charge >= 0.3 is 0 Å². The zero-order valence-electron chi connectivity index (χ0n) is 31.4. The molecule has 0 aliphatic heterocycles. The number of fused-ring (bicyclic) bond motifs is 4. The molecule has 1 aliphatic carbocycles. The lowest BCUT2D eigenvalue weighted by Crippen LogP contribution is -2.02. The smallest absolute Gasteiger partial charge is 0.0791 e. The lowest BCUT2D eigenvalue weighted by atomic mass is 9.90. The van der Waals surface area contributed by atoms with Crippen LogP contribution in [0.3, 0.4) is 0 Å². The Bertz CT molecular complexity index is 2840. The van der Waals surface area contributed by atoms with Crippen molar-refractivity contribution < 1.29 is 0 Å². The maximum Gasteiger partial charge on any atom is 0.0791 e. The standard InChI is InChI=1S/C50H38N2S.C2H6/c1-2-3-4-16-34-53(40-21-10-6-11-22-40,41-23-12-7-13-24-41)42-32-30-39(31-33-42)52-46-27-17-18-36-28-29-37-35-44-43-25-14-15-26-45(43)51(38-19-8-5-9-20-38)49(44)50(52)48(37)47(36)46;1-2/h2-27,30-35H,1,28-29H2;1-2H3/b4-3-,34-16-;. The van der Waals surface area contributed by atoms with E-state index in [0.29, 0.717) is 0 Å². The topological polar surface area (TPSA) is 9.86 Å². The van der Waals surface area contributed by atoms with Crippen LogP contribution in [0.25, 0.3) is 55.0 Å². The Balaban J connectivity index is 0.00000195. The molecule has 0 bridgehead atoms. The quantitative estimate of drug-likeness (QED) is 0.138. The average molecular weight is 729 g/mol. The second-order valence-corrected chi connectivity index (χ2v) is 16.7. The second-order valence-electron chi connectivity index (χ2n) is 13.7. The lowest BCUT2D eigenvalue weighted by molar-refractivity contribution is 0.971. The number of aryl methyl sites for hydroxylation is 2. The van der Waals surface area contributed by atoms with Crippen molar-refractivity contribution >= 4 is 53.6 Å². The van der Waals surface area contributed by atoms with Crippen LogP contribution in [-0.4, -0.2) is 9.13 Å². The van der Waals surface area contributed by atoms with Gasteiger partial charge in [-0.25, -0.2) is 0 Å². The Morgan fingerprint density at radius 3 is 1.73 bits per heavy atom. The zero-order chi connectivity index (χ0) is 37.4. The summed E-state index contributed by atoms with van der Waals surface area (Å²) in [6.07, 6.45) is 10.2. The van der Waals surface area contributed by atoms with Crippen LogP contribution in [-0.2, 0) is 12.8 Å². The molecule has 0 N–H and O–H groups in total. The largest absolute Gasteiger partial charge is 0.307 e. The molecule has 0 spiro atoms. The van der Waals surface area contributed by atoms with Crippen molar-refractivity contribution in [1.82, 2.24) is 9.13 Å². The van der Waals surface area contributed by atoms with Gasteiger partial charge in [0.15, 0.2) is 0 Å². The van der Waals surface area contributed by atoms with Crippen molar-refractivity contribution in [2.45, 2.75) is 41.4 Å². The van der Waals surface area contributed by atoms with Crippen LogP contribution in [0, 0.1) is 0 Å². The summed E-state index contributed by atoms with van der Waals surface area (Å²) in [7, 11) is -1.76. The molecule has 0 fully saturated rings. The second kappa shape index (κ2) is 14.5. The van der Waals surface area contributed by atoms with E-state index in [4.69, 9.17) is 0 Å². The number of rotatable bonds is 8. The first-order chi connectivity index (χ1) is 27.3. The van der Waals surface area contributed by atoms with Gasteiger partial charge in [0.1, 0.15) is 0 Å². The van der Waals surface area contributed by atoms with E-state index < -0.39 is 10.0 Å². The van der Waals surface area contributed by atoms with Gasteiger partial charge in [-0.1, -0.05) is 130 Å². The molecule has 55 heavy (non-hydrogen) atoms. The maximum absolute atomic E-state index is 3.90. The Morgan fingerprint density at radius 2 is 1.04 bits per heavy atom. The van der Waals surface area contributed by atoms with Gasteiger partial charge in [-0.05, 0) is 108 Å². The van der Waals surface area contributed by atoms with Gasteiger partial charge in [-0.3, -0.25) is 0 Å². The molecule has 3 heteroatoms. The van der Waals surface area contributed by atoms with Crippen LogP contribution in [0.1, 0.15) is 25.0 Å². The summed E-state index contributed by atoms with van der Waals surface area (Å²) in [6.45, 7) is 7.90. The minimum Gasteiger partial charge on any atom is -0.307 e. The molecule has 0 amide bonds. The monoisotopic (exact) mass is 728 g/mol. The molecule has 2 aromatic heterocycles. The minimum absolute atomic E-state index is 1.04. The van der Waals surface area contributed by atoms with Gasteiger partial charge in [0.25, 0.3) is 0 Å². The van der Waals surface area contributed by atoms with Gasteiger partial charge in [-0.2, -0.15) is 0 Å². The molecular weight excluding hydrogens is 685 g/mol. The van der Waals surface area contributed by atoms with E-state index in [9.17, 15) is 0 Å². The van der Waals surface area contributed by atoms with Crippen molar-refractivity contribution in [3.8, 4) is 11.4 Å². The van der Waals surface area contributed by atoms with Crippen molar-refractivity contribution in [1.29, 1.82) is 0 Å². The Kier molecular flexibility index (Phi) is 9.09. The highest BCUT2D eigenvalue weighted by atomic mass is 32.3. The number of hydrogen-bond donors (Lipinski definition) is 0. The van der Waals surface area contributed by atoms with Crippen molar-refractivity contribution in [3.63, 3.8) is 0 Å². The molecule has 268 valence electrons. The van der Waals surface area contributed by atoms with Crippen LogP contribution < -0.4 is 0 Å². The number of aromatic nitrogens is 2. The first-order valence-corrected chi connectivity index (χ1v) is 21.0. The fraction of sp³-hybridized carbons (Fsp3) is 0.0769. The number of para-hydroxylation sites is 2. The van der Waals surface area contributed by atoms with Gasteiger partial charge in [0.2, 0.25) is 0 Å². The zero-order valence-corrected chi connectivity index (χ0v) is 32.2. The molecule has 2 heterocycles. The molecule has 10 rings (SSSR count). The fourth-order valence-corrected chi connectivity index (χ4v) is 12.0. The van der Waals surface area contributed by atoms with E-state index in [2.05, 4.69) is 197 Å². The van der Waals surface area contributed by atoms with Crippen LogP contribution in [0.2, 0.25) is 0 Å². The molecule has 0 radical (unpaired) electrons. The van der Waals surface area contributed by atoms with Crippen molar-refractivity contribution in [2.24, 2.45) is 0 Å². The van der Waals surface area contributed by atoms with Gasteiger partial charge < -0.3 is 9.13 Å². The van der Waals surface area contributed by atoms with E-state index in [-0.39, 0.29) is 0 Å². The Morgan fingerprint density at radius 1 is 0.473 bits per heavy atom. The highest BCUT2D eigenvalue weighted by molar-refractivity contribution is 8.36. The maximum atomic E-state index is 3.90. The van der Waals surface area contributed by atoms with Crippen LogP contribution in [0.5, 0.6) is 0 Å². The van der Waals surface area contributed by atoms with Gasteiger partial charge in [0.05, 0.1) is 22.1 Å². The summed E-state index contributed by atoms with van der Waals surface area (Å²) >= 11 is 0. The lowest BCUT2D eigenvalue weighted by Gasteiger charge is -2.38. The molecular formula is C52H44N2S. The molecule has 7 aromatic carbocycles. The molecule has 9 aromatic rings. The van der Waals surface area contributed by atoms with E-state index in [1.807, 2.05) is 26.0 Å². The van der Waals surface area contributed by atoms with E-state index in [1.54, 1.807) is 0 Å². The number of nitrogens with zero attached hydrogens (tertiary/aromatic N) is 2. The predicted octanol–water partition coefficient (Wildman–Crippen LogP) is 14.5. The molecule has 1 aliphatic rings. The summed E-state index contributed by atoms with van der Waals surface area (Å²) in [5.41, 5.74) is 10.3. The SMILES string of the molecule is C=C/C=C\C=C/S(c1ccccc1)(c1ccccc1)c1ccc(-n2c3cccc4c3c3c(cc5c6ccccc6n(-c6ccccc6)c5c32)CC4)cc1.CC. The third-order valence-corrected chi connectivity index (χ3v) is 14.5. The van der Waals surface area contributed by atoms with Crippen LogP contribution in [0.15, 0.2) is 215 Å². The number of benzene rings is 7. The van der Waals surface area contributed by atoms with Gasteiger partial charge in [0, 0.05) is 47.6 Å². The van der Waals surface area contributed by atoms with E-state index in [0.717, 1.165) is 12.8 Å².